The molecule has 1 aliphatic carbocycles. The highest BCUT2D eigenvalue weighted by molar-refractivity contribution is 5.69. The molecule has 0 aromatic heterocycles. The van der Waals surface area contributed by atoms with E-state index in [-0.39, 0.29) is 6.54 Å². The van der Waals surface area contributed by atoms with Crippen LogP contribution in [0.4, 0.5) is 0 Å². The van der Waals surface area contributed by atoms with Gasteiger partial charge in [0, 0.05) is 12.1 Å². The number of carbonyl (C=O) groups is 1. The van der Waals surface area contributed by atoms with Crippen molar-refractivity contribution in [1.29, 1.82) is 0 Å². The Bertz CT molecular complexity index is 278. The fourth-order valence-electron chi connectivity index (χ4n) is 3.34. The van der Waals surface area contributed by atoms with Crippen molar-refractivity contribution in [2.45, 2.75) is 78.3 Å². The van der Waals surface area contributed by atoms with Crippen molar-refractivity contribution in [3.8, 4) is 0 Å². The van der Waals surface area contributed by atoms with Crippen LogP contribution < -0.4 is 0 Å². The first kappa shape index (κ1) is 16.5. The van der Waals surface area contributed by atoms with Crippen LogP contribution >= 0.6 is 0 Å². The third-order valence-electron chi connectivity index (χ3n) is 4.87. The summed E-state index contributed by atoms with van der Waals surface area (Å²) >= 11 is 0. The highest BCUT2D eigenvalue weighted by Gasteiger charge is 2.28. The third-order valence-corrected chi connectivity index (χ3v) is 4.87. The van der Waals surface area contributed by atoms with Gasteiger partial charge in [0.1, 0.15) is 0 Å². The van der Waals surface area contributed by atoms with Crippen molar-refractivity contribution < 1.29 is 9.90 Å². The Morgan fingerprint density at radius 1 is 1.21 bits per heavy atom. The summed E-state index contributed by atoms with van der Waals surface area (Å²) in [6, 6.07) is 0.839. The van der Waals surface area contributed by atoms with Crippen LogP contribution in [0.2, 0.25) is 0 Å². The Hall–Kier alpha value is -0.570. The van der Waals surface area contributed by atoms with Gasteiger partial charge in [-0.1, -0.05) is 33.6 Å². The molecule has 0 spiro atoms. The summed E-state index contributed by atoms with van der Waals surface area (Å²) in [6.45, 7) is 9.14. The molecule has 0 aromatic carbocycles. The summed E-state index contributed by atoms with van der Waals surface area (Å²) < 4.78 is 0. The molecule has 1 saturated carbocycles. The van der Waals surface area contributed by atoms with Gasteiger partial charge in [-0.15, -0.1) is 0 Å². The molecule has 0 heterocycles. The van der Waals surface area contributed by atoms with Gasteiger partial charge < -0.3 is 5.11 Å². The van der Waals surface area contributed by atoms with Crippen LogP contribution in [0, 0.1) is 11.8 Å². The Morgan fingerprint density at radius 3 is 2.42 bits per heavy atom. The number of carboxylic acid groups (broad SMARTS) is 1. The summed E-state index contributed by atoms with van der Waals surface area (Å²) in [6.07, 6.45) is 7.18. The quantitative estimate of drug-likeness (QED) is 0.746. The van der Waals surface area contributed by atoms with E-state index < -0.39 is 5.97 Å². The van der Waals surface area contributed by atoms with Crippen LogP contribution in [0.15, 0.2) is 0 Å². The molecule has 0 amide bonds. The minimum atomic E-state index is -0.690. The summed E-state index contributed by atoms with van der Waals surface area (Å²) in [5.74, 6) is 0.897. The number of rotatable bonds is 6. The monoisotopic (exact) mass is 269 g/mol. The minimum Gasteiger partial charge on any atom is -0.480 e. The third kappa shape index (κ3) is 5.13. The molecule has 0 aromatic rings. The highest BCUT2D eigenvalue weighted by atomic mass is 16.4. The Kier molecular flexibility index (Phi) is 6.84. The second-order valence-corrected chi connectivity index (χ2v) is 6.49. The molecule has 1 fully saturated rings. The van der Waals surface area contributed by atoms with Gasteiger partial charge >= 0.3 is 5.97 Å². The van der Waals surface area contributed by atoms with Crippen LogP contribution in [-0.4, -0.2) is 34.6 Å². The fraction of sp³-hybridized carbons (Fsp3) is 0.938. The number of hydrogen-bond donors (Lipinski definition) is 1. The number of aliphatic carboxylic acids is 1. The van der Waals surface area contributed by atoms with Crippen molar-refractivity contribution >= 4 is 5.97 Å². The Labute approximate surface area is 118 Å². The summed E-state index contributed by atoms with van der Waals surface area (Å²) in [7, 11) is 0. The Balaban J connectivity index is 2.66. The molecule has 3 unspecified atom stereocenters. The molecular weight excluding hydrogens is 238 g/mol. The molecular formula is C16H31NO2. The second-order valence-electron chi connectivity index (χ2n) is 6.49. The molecule has 0 saturated heterocycles. The highest BCUT2D eigenvalue weighted by Crippen LogP contribution is 2.31. The van der Waals surface area contributed by atoms with E-state index in [1.807, 2.05) is 0 Å². The maximum absolute atomic E-state index is 11.1. The first-order chi connectivity index (χ1) is 8.95. The molecule has 0 radical (unpaired) electrons. The van der Waals surface area contributed by atoms with Gasteiger partial charge in [-0.2, -0.15) is 0 Å². The van der Waals surface area contributed by atoms with Gasteiger partial charge in [0.05, 0.1) is 6.54 Å². The average molecular weight is 269 g/mol. The second kappa shape index (κ2) is 7.88. The topological polar surface area (TPSA) is 40.5 Å². The van der Waals surface area contributed by atoms with Crippen LogP contribution in [0.1, 0.15) is 66.2 Å². The normalized spacial score (nSPS) is 26.4. The molecule has 19 heavy (non-hydrogen) atoms. The van der Waals surface area contributed by atoms with Crippen molar-refractivity contribution in [2.75, 3.05) is 6.54 Å². The van der Waals surface area contributed by atoms with Crippen LogP contribution in [-0.2, 0) is 4.79 Å². The van der Waals surface area contributed by atoms with Crippen molar-refractivity contribution in [3.05, 3.63) is 0 Å². The van der Waals surface area contributed by atoms with Gasteiger partial charge in [-0.05, 0) is 44.4 Å². The van der Waals surface area contributed by atoms with E-state index in [2.05, 4.69) is 32.6 Å². The lowest BCUT2D eigenvalue weighted by Gasteiger charge is -2.34. The smallest absolute Gasteiger partial charge is 0.317 e. The minimum absolute atomic E-state index is 0.200. The van der Waals surface area contributed by atoms with E-state index in [9.17, 15) is 4.79 Å². The van der Waals surface area contributed by atoms with E-state index in [0.717, 1.165) is 18.3 Å². The van der Waals surface area contributed by atoms with Gasteiger partial charge in [-0.25, -0.2) is 0 Å². The van der Waals surface area contributed by atoms with Crippen molar-refractivity contribution in [2.24, 2.45) is 11.8 Å². The SMILES string of the molecule is CCC(C)N(CC(=O)O)C1CCCC(C(C)C)CC1. The molecule has 1 N–H and O–H groups in total. The zero-order valence-electron chi connectivity index (χ0n) is 13.1. The molecule has 1 aliphatic rings. The van der Waals surface area contributed by atoms with E-state index >= 15 is 0 Å². The molecule has 3 nitrogen and oxygen atoms in total. The summed E-state index contributed by atoms with van der Waals surface area (Å²) in [5.41, 5.74) is 0. The number of carboxylic acids is 1. The fourth-order valence-corrected chi connectivity index (χ4v) is 3.34. The van der Waals surface area contributed by atoms with Gasteiger partial charge in [-0.3, -0.25) is 9.69 Å². The molecule has 112 valence electrons. The first-order valence-electron chi connectivity index (χ1n) is 7.93. The van der Waals surface area contributed by atoms with Crippen LogP contribution in [0.25, 0.3) is 0 Å². The Morgan fingerprint density at radius 2 is 1.89 bits per heavy atom. The predicted molar refractivity (Wildman–Crippen MR) is 79.3 cm³/mol. The summed E-state index contributed by atoms with van der Waals surface area (Å²) in [5, 5.41) is 9.13. The largest absolute Gasteiger partial charge is 0.480 e. The number of hydrogen-bond acceptors (Lipinski definition) is 2. The van der Waals surface area contributed by atoms with E-state index in [4.69, 9.17) is 5.11 Å². The van der Waals surface area contributed by atoms with Crippen LogP contribution in [0.5, 0.6) is 0 Å². The maximum Gasteiger partial charge on any atom is 0.317 e. The van der Waals surface area contributed by atoms with Gasteiger partial charge in [0.2, 0.25) is 0 Å². The average Bonchev–Trinajstić information content (AvgIpc) is 2.60. The molecule has 0 bridgehead atoms. The first-order valence-corrected chi connectivity index (χ1v) is 7.93. The molecule has 1 rings (SSSR count). The van der Waals surface area contributed by atoms with Crippen molar-refractivity contribution in [3.63, 3.8) is 0 Å². The lowest BCUT2D eigenvalue weighted by atomic mass is 9.89. The van der Waals surface area contributed by atoms with Gasteiger partial charge in [0.25, 0.3) is 0 Å². The van der Waals surface area contributed by atoms with E-state index in [0.29, 0.717) is 12.1 Å². The van der Waals surface area contributed by atoms with Crippen molar-refractivity contribution in [1.82, 2.24) is 4.90 Å². The van der Waals surface area contributed by atoms with Crippen LogP contribution in [0.3, 0.4) is 0 Å². The zero-order valence-corrected chi connectivity index (χ0v) is 13.1. The van der Waals surface area contributed by atoms with E-state index in [1.165, 1.54) is 32.1 Å². The number of nitrogens with zero attached hydrogens (tertiary/aromatic N) is 1. The predicted octanol–water partition coefficient (Wildman–Crippen LogP) is 3.78. The van der Waals surface area contributed by atoms with Gasteiger partial charge in [0.15, 0.2) is 0 Å². The lowest BCUT2D eigenvalue weighted by molar-refractivity contribution is -0.139. The molecule has 0 aliphatic heterocycles. The lowest BCUT2D eigenvalue weighted by Crippen LogP contribution is -2.44. The zero-order chi connectivity index (χ0) is 14.4. The summed E-state index contributed by atoms with van der Waals surface area (Å²) in [4.78, 5) is 13.3. The maximum atomic E-state index is 11.1. The molecule has 3 atom stereocenters. The standard InChI is InChI=1S/C16H31NO2/c1-5-13(4)17(11-16(18)19)15-8-6-7-14(9-10-15)12(2)3/h12-15H,5-11H2,1-4H3,(H,18,19). The molecule has 3 heteroatoms. The van der Waals surface area contributed by atoms with E-state index in [1.54, 1.807) is 0 Å².